The average molecular weight is 405 g/mol. The Morgan fingerprint density at radius 3 is 1.96 bits per heavy atom. The Labute approximate surface area is 167 Å². The lowest BCUT2D eigenvalue weighted by Crippen LogP contribution is -2.15. The number of halogens is 3. The summed E-state index contributed by atoms with van der Waals surface area (Å²) in [5, 5.41) is 0.390. The topological polar surface area (TPSA) is 26.3 Å². The van der Waals surface area contributed by atoms with Gasteiger partial charge >= 0.3 is 5.97 Å². The fourth-order valence-electron chi connectivity index (χ4n) is 2.61. The zero-order chi connectivity index (χ0) is 18.5. The minimum Gasteiger partial charge on any atom is -0.461 e. The summed E-state index contributed by atoms with van der Waals surface area (Å²) < 4.78 is 5.52. The Kier molecular flexibility index (Phi) is 6.20. The molecule has 26 heavy (non-hydrogen) atoms. The summed E-state index contributed by atoms with van der Waals surface area (Å²) in [4.78, 5) is 12.5. The van der Waals surface area contributed by atoms with Gasteiger partial charge in [0.25, 0.3) is 0 Å². The number of benzene rings is 3. The number of rotatable bonds is 5. The predicted octanol–water partition coefficient (Wildman–Crippen LogP) is 6.44. The van der Waals surface area contributed by atoms with E-state index in [-0.39, 0.29) is 33.2 Å². The van der Waals surface area contributed by atoms with Crippen molar-refractivity contribution >= 4 is 40.8 Å². The quantitative estimate of drug-likeness (QED) is 0.361. The second-order valence-electron chi connectivity index (χ2n) is 5.61. The maximum Gasteiger partial charge on any atom is 0.340 e. The zero-order valence-corrected chi connectivity index (χ0v) is 15.9. The molecule has 0 bridgehead atoms. The highest BCUT2D eigenvalue weighted by atomic mass is 35.5. The van der Waals surface area contributed by atoms with E-state index in [1.165, 1.54) is 6.07 Å². The molecule has 0 fully saturated rings. The lowest BCUT2D eigenvalue weighted by atomic mass is 9.92. The summed E-state index contributed by atoms with van der Waals surface area (Å²) in [6, 6.07) is 23.9. The van der Waals surface area contributed by atoms with Crippen LogP contribution in [-0.4, -0.2) is 12.6 Å². The van der Waals surface area contributed by atoms with Crippen LogP contribution in [0.15, 0.2) is 66.7 Å². The van der Waals surface area contributed by atoms with Crippen LogP contribution in [0.4, 0.5) is 0 Å². The molecule has 0 N–H and O–H groups in total. The molecule has 1 radical (unpaired) electrons. The zero-order valence-electron chi connectivity index (χ0n) is 13.6. The molecule has 0 amide bonds. The molecule has 0 aliphatic carbocycles. The summed E-state index contributed by atoms with van der Waals surface area (Å²) >= 11 is 18.0. The minimum atomic E-state index is -0.592. The average Bonchev–Trinajstić information content (AvgIpc) is 2.68. The number of carbonyl (C=O) groups is 1. The van der Waals surface area contributed by atoms with Crippen molar-refractivity contribution in [2.75, 3.05) is 6.61 Å². The van der Waals surface area contributed by atoms with Crippen LogP contribution in [0.2, 0.25) is 15.1 Å². The lowest BCUT2D eigenvalue weighted by Gasteiger charge is -2.18. The third-order valence-corrected chi connectivity index (χ3v) is 5.22. The summed E-state index contributed by atoms with van der Waals surface area (Å²) in [5.41, 5.74) is 2.17. The van der Waals surface area contributed by atoms with Crippen molar-refractivity contribution in [2.24, 2.45) is 0 Å². The van der Waals surface area contributed by atoms with E-state index in [0.717, 1.165) is 11.1 Å². The molecule has 0 aromatic heterocycles. The first-order valence-electron chi connectivity index (χ1n) is 7.90. The highest BCUT2D eigenvalue weighted by Crippen LogP contribution is 2.33. The first kappa shape index (κ1) is 18.8. The van der Waals surface area contributed by atoms with Crippen molar-refractivity contribution in [3.05, 3.63) is 105 Å². The lowest BCUT2D eigenvalue weighted by molar-refractivity contribution is 0.0492. The van der Waals surface area contributed by atoms with Crippen molar-refractivity contribution in [3.63, 3.8) is 0 Å². The molecule has 0 saturated carbocycles. The van der Waals surface area contributed by atoms with Gasteiger partial charge in [-0.25, -0.2) is 4.79 Å². The van der Waals surface area contributed by atoms with E-state index in [1.807, 2.05) is 60.7 Å². The van der Waals surface area contributed by atoms with Crippen LogP contribution < -0.4 is 0 Å². The molecular weight excluding hydrogens is 391 g/mol. The van der Waals surface area contributed by atoms with Crippen LogP contribution in [0.5, 0.6) is 0 Å². The van der Waals surface area contributed by atoms with Gasteiger partial charge in [0.1, 0.15) is 6.61 Å². The number of hydrogen-bond acceptors (Lipinski definition) is 2. The number of carbonyl (C=O) groups excluding carboxylic acids is 1. The highest BCUT2D eigenvalue weighted by molar-refractivity contribution is 6.49. The first-order valence-corrected chi connectivity index (χ1v) is 9.03. The molecule has 3 rings (SSSR count). The van der Waals surface area contributed by atoms with Crippen LogP contribution >= 0.6 is 34.8 Å². The Morgan fingerprint density at radius 2 is 1.42 bits per heavy atom. The second-order valence-corrected chi connectivity index (χ2v) is 6.78. The van der Waals surface area contributed by atoms with Crippen LogP contribution in [0, 0.1) is 6.07 Å². The Bertz CT molecular complexity index is 856. The molecule has 0 atom stereocenters. The molecule has 3 aromatic carbocycles. The largest absolute Gasteiger partial charge is 0.461 e. The van der Waals surface area contributed by atoms with Crippen molar-refractivity contribution in [2.45, 2.75) is 5.92 Å². The fraction of sp³-hybridized carbons (Fsp3) is 0.0952. The summed E-state index contributed by atoms with van der Waals surface area (Å²) in [7, 11) is 0. The standard InChI is InChI=1S/C21H14Cl3O2/c22-18-12-11-16(19(23)20(18)24)21(25)26-13-17(14-7-3-1-4-8-14)15-9-5-2-6-10-15/h1-10,12,17H,13H2. The number of ether oxygens (including phenoxy) is 1. The molecule has 2 nitrogen and oxygen atoms in total. The van der Waals surface area contributed by atoms with Gasteiger partial charge in [0, 0.05) is 12.0 Å². The van der Waals surface area contributed by atoms with Crippen LogP contribution in [0.3, 0.4) is 0 Å². The van der Waals surface area contributed by atoms with Gasteiger partial charge in [-0.05, 0) is 17.2 Å². The van der Waals surface area contributed by atoms with E-state index in [9.17, 15) is 4.79 Å². The normalized spacial score (nSPS) is 10.8. The second kappa shape index (κ2) is 8.59. The van der Waals surface area contributed by atoms with Crippen molar-refractivity contribution in [1.82, 2.24) is 0 Å². The van der Waals surface area contributed by atoms with E-state index in [0.29, 0.717) is 0 Å². The molecule has 0 aliphatic rings. The van der Waals surface area contributed by atoms with Gasteiger partial charge in [-0.15, -0.1) is 0 Å². The third-order valence-electron chi connectivity index (χ3n) is 3.95. The van der Waals surface area contributed by atoms with Crippen molar-refractivity contribution in [1.29, 1.82) is 0 Å². The van der Waals surface area contributed by atoms with Crippen molar-refractivity contribution < 1.29 is 9.53 Å². The van der Waals surface area contributed by atoms with Crippen LogP contribution in [-0.2, 0) is 4.74 Å². The van der Waals surface area contributed by atoms with E-state index in [2.05, 4.69) is 6.07 Å². The molecular formula is C21H14Cl3O2. The molecule has 131 valence electrons. The SMILES string of the molecule is O=C(OCC(c1ccccc1)c1ccccc1)c1[c]cc(Cl)c(Cl)c1Cl. The van der Waals surface area contributed by atoms with Gasteiger partial charge in [-0.1, -0.05) is 95.5 Å². The molecule has 0 spiro atoms. The summed E-state index contributed by atoms with van der Waals surface area (Å²) in [5.74, 6) is -0.687. The van der Waals surface area contributed by atoms with Gasteiger partial charge in [0.05, 0.1) is 20.6 Å². The number of hydrogen-bond donors (Lipinski definition) is 0. The van der Waals surface area contributed by atoms with E-state index in [4.69, 9.17) is 39.5 Å². The van der Waals surface area contributed by atoms with Gasteiger partial charge in [0.2, 0.25) is 0 Å². The van der Waals surface area contributed by atoms with Crippen LogP contribution in [0.1, 0.15) is 27.4 Å². The van der Waals surface area contributed by atoms with Gasteiger partial charge in [-0.3, -0.25) is 0 Å². The smallest absolute Gasteiger partial charge is 0.340 e. The monoisotopic (exact) mass is 403 g/mol. The molecule has 0 saturated heterocycles. The summed E-state index contributed by atoms with van der Waals surface area (Å²) in [6.07, 6.45) is 0. The molecule has 5 heteroatoms. The third kappa shape index (κ3) is 4.21. The van der Waals surface area contributed by atoms with Crippen LogP contribution in [0.25, 0.3) is 0 Å². The minimum absolute atomic E-state index is 0.0418. The van der Waals surface area contributed by atoms with Crippen molar-refractivity contribution in [3.8, 4) is 0 Å². The van der Waals surface area contributed by atoms with E-state index in [1.54, 1.807) is 0 Å². The molecule has 0 unspecified atom stereocenters. The maximum atomic E-state index is 12.5. The number of esters is 1. The van der Waals surface area contributed by atoms with Gasteiger partial charge < -0.3 is 4.74 Å². The summed E-state index contributed by atoms with van der Waals surface area (Å²) in [6.45, 7) is 0.164. The molecule has 0 aliphatic heterocycles. The fourth-order valence-corrected chi connectivity index (χ4v) is 3.19. The molecule has 0 heterocycles. The maximum absolute atomic E-state index is 12.5. The van der Waals surface area contributed by atoms with Gasteiger partial charge in [0.15, 0.2) is 0 Å². The Morgan fingerprint density at radius 1 is 0.885 bits per heavy atom. The highest BCUT2D eigenvalue weighted by Gasteiger charge is 2.20. The van der Waals surface area contributed by atoms with E-state index >= 15 is 0 Å². The van der Waals surface area contributed by atoms with Gasteiger partial charge in [-0.2, -0.15) is 0 Å². The Hall–Kier alpha value is -2.00. The first-order chi connectivity index (χ1) is 12.6. The Balaban J connectivity index is 1.83. The van der Waals surface area contributed by atoms with E-state index < -0.39 is 5.97 Å². The molecule has 3 aromatic rings. The predicted molar refractivity (Wildman–Crippen MR) is 105 cm³/mol.